The van der Waals surface area contributed by atoms with Gasteiger partial charge in [-0.05, 0) is 12.1 Å². The van der Waals surface area contributed by atoms with Gasteiger partial charge in [0, 0.05) is 10.8 Å². The quantitative estimate of drug-likeness (QED) is 0.153. The van der Waals surface area contributed by atoms with Gasteiger partial charge in [0.25, 0.3) is 0 Å². The Morgan fingerprint density at radius 2 is 0.734 bits per heavy atom. The van der Waals surface area contributed by atoms with Crippen LogP contribution >= 0.6 is 0 Å². The molecule has 4 aromatic heterocycles. The van der Waals surface area contributed by atoms with Crippen molar-refractivity contribution in [1.29, 1.82) is 0 Å². The molecule has 0 fully saturated rings. The van der Waals surface area contributed by atoms with Crippen molar-refractivity contribution in [2.24, 2.45) is 0 Å². The Hall–Kier alpha value is -7.88. The van der Waals surface area contributed by atoms with E-state index in [0.717, 1.165) is 11.4 Å². The molecule has 0 N–H and O–H groups in total. The molecule has 0 aliphatic heterocycles. The van der Waals surface area contributed by atoms with Crippen molar-refractivity contribution in [3.63, 3.8) is 0 Å². The molecule has 0 saturated heterocycles. The van der Waals surface area contributed by atoms with E-state index in [2.05, 4.69) is 238 Å². The molecule has 0 atom stereocenters. The Morgan fingerprint density at radius 1 is 0.250 bits per heavy atom. The molecule has 0 unspecified atom stereocenters. The molecular weight excluding hydrogens is 842 g/mol. The third-order valence-electron chi connectivity index (χ3n) is 13.4. The standard InChI is InChI=1S/C60H37N3Se/c1-2-14-38(15-3-1)39-16-12-17-40(34-39)41-28-31-49-59(35-41)64-58-27-13-26-56(60(49)58)63-54-25-11-6-20-46(54)48-32-29-43(37-57(48)63)62-53-24-10-7-21-47(53)50-36-42(30-33-55(50)62)61-51-22-8-4-18-44(51)45-19-5-9-23-52(45)61/h1-37H. The first-order chi connectivity index (χ1) is 31.7. The molecule has 4 heteroatoms. The van der Waals surface area contributed by atoms with Gasteiger partial charge in [0.05, 0.1) is 11.0 Å². The van der Waals surface area contributed by atoms with E-state index < -0.39 is 0 Å². The molecule has 0 aliphatic carbocycles. The Morgan fingerprint density at radius 3 is 1.42 bits per heavy atom. The molecule has 3 nitrogen and oxygen atoms in total. The molecule has 0 bridgehead atoms. The Bertz CT molecular complexity index is 4140. The molecule has 14 rings (SSSR count). The van der Waals surface area contributed by atoms with Gasteiger partial charge in [0.15, 0.2) is 0 Å². The summed E-state index contributed by atoms with van der Waals surface area (Å²) in [7, 11) is 0. The minimum atomic E-state index is 0.179. The second kappa shape index (κ2) is 13.8. The molecule has 0 amide bonds. The average molecular weight is 879 g/mol. The van der Waals surface area contributed by atoms with E-state index in [1.807, 2.05) is 0 Å². The summed E-state index contributed by atoms with van der Waals surface area (Å²) in [6.07, 6.45) is 0. The summed E-state index contributed by atoms with van der Waals surface area (Å²) in [5, 5.41) is 10.2. The van der Waals surface area contributed by atoms with Gasteiger partial charge in [-0.2, -0.15) is 0 Å². The van der Waals surface area contributed by atoms with Gasteiger partial charge in [-0.15, -0.1) is 0 Å². The predicted octanol–water partition coefficient (Wildman–Crippen LogP) is 15.7. The monoisotopic (exact) mass is 879 g/mol. The van der Waals surface area contributed by atoms with Crippen molar-refractivity contribution < 1.29 is 0 Å². The Balaban J connectivity index is 0.956. The van der Waals surface area contributed by atoms with Gasteiger partial charge < -0.3 is 4.57 Å². The van der Waals surface area contributed by atoms with Crippen LogP contribution in [0, 0.1) is 0 Å². The van der Waals surface area contributed by atoms with Gasteiger partial charge in [-0.1, -0.05) is 36.4 Å². The molecule has 64 heavy (non-hydrogen) atoms. The van der Waals surface area contributed by atoms with Gasteiger partial charge in [-0.3, -0.25) is 0 Å². The van der Waals surface area contributed by atoms with Gasteiger partial charge in [-0.25, -0.2) is 0 Å². The molecule has 0 radical (unpaired) electrons. The van der Waals surface area contributed by atoms with E-state index in [-0.39, 0.29) is 14.5 Å². The van der Waals surface area contributed by atoms with E-state index in [1.165, 1.54) is 113 Å². The van der Waals surface area contributed by atoms with Crippen LogP contribution in [0.5, 0.6) is 0 Å². The third-order valence-corrected chi connectivity index (χ3v) is 15.8. The fourth-order valence-electron chi connectivity index (χ4n) is 10.6. The first-order valence-electron chi connectivity index (χ1n) is 21.9. The number of hydrogen-bond acceptors (Lipinski definition) is 0. The minimum absolute atomic E-state index is 0.179. The molecule has 4 heterocycles. The summed E-state index contributed by atoms with van der Waals surface area (Å²) in [4.78, 5) is 0. The van der Waals surface area contributed by atoms with Crippen molar-refractivity contribution in [3.05, 3.63) is 224 Å². The Labute approximate surface area is 374 Å². The van der Waals surface area contributed by atoms with E-state index >= 15 is 0 Å². The molecular formula is C60H37N3Se. The summed E-state index contributed by atoms with van der Waals surface area (Å²) in [6.45, 7) is 0. The molecule has 298 valence electrons. The van der Waals surface area contributed by atoms with Crippen LogP contribution in [-0.2, 0) is 0 Å². The van der Waals surface area contributed by atoms with Crippen LogP contribution in [0.15, 0.2) is 224 Å². The van der Waals surface area contributed by atoms with E-state index in [0.29, 0.717) is 0 Å². The number of benzene rings is 10. The normalized spacial score (nSPS) is 12.1. The second-order valence-electron chi connectivity index (χ2n) is 16.9. The van der Waals surface area contributed by atoms with Crippen LogP contribution in [0.3, 0.4) is 0 Å². The van der Waals surface area contributed by atoms with Gasteiger partial charge in [0.1, 0.15) is 0 Å². The topological polar surface area (TPSA) is 14.8 Å². The molecule has 0 aliphatic rings. The number of nitrogens with zero attached hydrogens (tertiary/aromatic N) is 3. The van der Waals surface area contributed by atoms with Gasteiger partial charge >= 0.3 is 302 Å². The van der Waals surface area contributed by atoms with Crippen LogP contribution in [0.4, 0.5) is 0 Å². The number of fused-ring (bicyclic) bond motifs is 12. The summed E-state index contributed by atoms with van der Waals surface area (Å²) >= 11 is 0.179. The van der Waals surface area contributed by atoms with Crippen LogP contribution in [0.1, 0.15) is 0 Å². The summed E-state index contributed by atoms with van der Waals surface area (Å²) in [5.41, 5.74) is 15.8. The first-order valence-corrected chi connectivity index (χ1v) is 23.6. The summed E-state index contributed by atoms with van der Waals surface area (Å²) in [6, 6.07) is 83.1. The van der Waals surface area contributed by atoms with Crippen LogP contribution in [-0.4, -0.2) is 28.2 Å². The molecule has 14 aromatic rings. The third kappa shape index (κ3) is 5.22. The maximum atomic E-state index is 2.53. The fourth-order valence-corrected chi connectivity index (χ4v) is 13.1. The summed E-state index contributed by atoms with van der Waals surface area (Å²) in [5.74, 6) is 0. The van der Waals surface area contributed by atoms with E-state index in [9.17, 15) is 0 Å². The second-order valence-corrected chi connectivity index (χ2v) is 19.2. The molecule has 0 spiro atoms. The summed E-state index contributed by atoms with van der Waals surface area (Å²) < 4.78 is 10.3. The number of rotatable bonds is 5. The van der Waals surface area contributed by atoms with Crippen molar-refractivity contribution >= 4 is 99.2 Å². The van der Waals surface area contributed by atoms with Crippen LogP contribution in [0.2, 0.25) is 0 Å². The number of aromatic nitrogens is 3. The fraction of sp³-hybridized carbons (Fsp3) is 0. The van der Waals surface area contributed by atoms with Crippen molar-refractivity contribution in [3.8, 4) is 39.3 Å². The average Bonchev–Trinajstić information content (AvgIpc) is 4.10. The molecule has 0 saturated carbocycles. The van der Waals surface area contributed by atoms with Crippen molar-refractivity contribution in [1.82, 2.24) is 13.7 Å². The van der Waals surface area contributed by atoms with Gasteiger partial charge in [0.2, 0.25) is 0 Å². The van der Waals surface area contributed by atoms with Crippen molar-refractivity contribution in [2.75, 3.05) is 0 Å². The van der Waals surface area contributed by atoms with E-state index in [4.69, 9.17) is 0 Å². The van der Waals surface area contributed by atoms with E-state index in [1.54, 1.807) is 0 Å². The first kappa shape index (κ1) is 35.7. The zero-order chi connectivity index (χ0) is 41.9. The number of hydrogen-bond donors (Lipinski definition) is 0. The SMILES string of the molecule is c1ccc(-c2cccc(-c3ccc4c(c3)[se]c3cccc(-n5c6ccccc6c6ccc(-n7c8ccccc8c8cc(-n9c%10ccccc%10c%10ccccc%109)ccc87)cc65)c34)c2)cc1. The Kier molecular flexibility index (Phi) is 7.70. The zero-order valence-corrected chi connectivity index (χ0v) is 36.3. The van der Waals surface area contributed by atoms with Crippen LogP contribution < -0.4 is 0 Å². The van der Waals surface area contributed by atoms with Crippen LogP contribution in [0.25, 0.3) is 124 Å². The van der Waals surface area contributed by atoms with Crippen molar-refractivity contribution in [2.45, 2.75) is 0 Å². The predicted molar refractivity (Wildman–Crippen MR) is 272 cm³/mol. The molecule has 10 aromatic carbocycles. The zero-order valence-electron chi connectivity index (χ0n) is 34.6. The number of para-hydroxylation sites is 4. The maximum absolute atomic E-state index is 2.53.